The van der Waals surface area contributed by atoms with Crippen LogP contribution in [0.1, 0.15) is 11.5 Å². The van der Waals surface area contributed by atoms with Gasteiger partial charge in [0.25, 0.3) is 0 Å². The summed E-state index contributed by atoms with van der Waals surface area (Å²) in [6, 6.07) is 14.1. The first kappa shape index (κ1) is 13.5. The molecule has 1 aromatic carbocycles. The Bertz CT molecular complexity index is 939. The van der Waals surface area contributed by atoms with Gasteiger partial charge in [0.05, 0.1) is 0 Å². The van der Waals surface area contributed by atoms with Crippen molar-refractivity contribution in [2.75, 3.05) is 5.32 Å². The van der Waals surface area contributed by atoms with Crippen LogP contribution in [0.4, 0.5) is 5.82 Å². The van der Waals surface area contributed by atoms with E-state index in [1.165, 1.54) is 0 Å². The number of nitrogens with one attached hydrogen (secondary N) is 2. The Kier molecular flexibility index (Phi) is 3.27. The van der Waals surface area contributed by atoms with Crippen molar-refractivity contribution in [2.45, 2.75) is 13.5 Å². The third-order valence-electron chi connectivity index (χ3n) is 3.62. The second-order valence-electron chi connectivity index (χ2n) is 5.30. The molecular formula is C17H15N5O. The molecule has 0 radical (unpaired) electrons. The van der Waals surface area contributed by atoms with Crippen molar-refractivity contribution >= 4 is 16.9 Å². The Hall–Kier alpha value is -3.15. The van der Waals surface area contributed by atoms with Crippen molar-refractivity contribution in [3.05, 3.63) is 60.1 Å². The van der Waals surface area contributed by atoms with E-state index in [0.29, 0.717) is 18.3 Å². The zero-order chi connectivity index (χ0) is 15.6. The van der Waals surface area contributed by atoms with Gasteiger partial charge in [0.1, 0.15) is 11.5 Å². The fraction of sp³-hybridized carbons (Fsp3) is 0.118. The van der Waals surface area contributed by atoms with Crippen LogP contribution in [0, 0.1) is 6.92 Å². The molecule has 0 aliphatic carbocycles. The molecule has 114 valence electrons. The van der Waals surface area contributed by atoms with E-state index in [1.54, 1.807) is 6.92 Å². The lowest BCUT2D eigenvalue weighted by molar-refractivity contribution is 0.394. The van der Waals surface area contributed by atoms with Crippen LogP contribution >= 0.6 is 0 Å². The third kappa shape index (κ3) is 2.78. The highest BCUT2D eigenvalue weighted by Crippen LogP contribution is 2.18. The topological polar surface area (TPSA) is 79.6 Å². The van der Waals surface area contributed by atoms with Gasteiger partial charge in [0.2, 0.25) is 11.7 Å². The first-order chi connectivity index (χ1) is 11.3. The summed E-state index contributed by atoms with van der Waals surface area (Å²) < 4.78 is 5.00. The molecule has 0 spiro atoms. The lowest BCUT2D eigenvalue weighted by Gasteiger charge is -2.06. The number of benzene rings is 1. The number of nitrogens with zero attached hydrogens (tertiary/aromatic N) is 3. The molecule has 0 atom stereocenters. The maximum Gasteiger partial charge on any atom is 0.223 e. The maximum atomic E-state index is 5.00. The number of pyridine rings is 1. The molecule has 23 heavy (non-hydrogen) atoms. The lowest BCUT2D eigenvalue weighted by Crippen LogP contribution is -2.01. The van der Waals surface area contributed by atoms with Gasteiger partial charge in [-0.2, -0.15) is 4.98 Å². The minimum Gasteiger partial charge on any atom is -0.366 e. The summed E-state index contributed by atoms with van der Waals surface area (Å²) in [5.41, 5.74) is 2.98. The number of aromatic amines is 1. The molecule has 0 unspecified atom stereocenters. The van der Waals surface area contributed by atoms with Crippen molar-refractivity contribution in [3.8, 4) is 11.4 Å². The highest BCUT2D eigenvalue weighted by atomic mass is 16.5. The van der Waals surface area contributed by atoms with Gasteiger partial charge in [-0.1, -0.05) is 29.4 Å². The fourth-order valence-corrected chi connectivity index (χ4v) is 2.41. The van der Waals surface area contributed by atoms with Gasteiger partial charge in [-0.05, 0) is 23.8 Å². The maximum absolute atomic E-state index is 5.00. The number of rotatable bonds is 4. The van der Waals surface area contributed by atoms with Crippen LogP contribution in [0.5, 0.6) is 0 Å². The largest absolute Gasteiger partial charge is 0.366 e. The highest BCUT2D eigenvalue weighted by Gasteiger charge is 2.05. The predicted molar refractivity (Wildman–Crippen MR) is 87.9 cm³/mol. The highest BCUT2D eigenvalue weighted by molar-refractivity contribution is 5.77. The Labute approximate surface area is 132 Å². The quantitative estimate of drug-likeness (QED) is 0.603. The summed E-state index contributed by atoms with van der Waals surface area (Å²) in [6.07, 6.45) is 1.89. The lowest BCUT2D eigenvalue weighted by atomic mass is 10.1. The standard InChI is InChI=1S/C17H15N5O/c1-11-20-17(22-23-11)13-4-2-12(3-5-13)10-19-15-7-6-14-8-9-18-16(14)21-15/h2-9H,10H2,1H3,(H2,18,19,21). The molecule has 0 aliphatic heterocycles. The Morgan fingerprint density at radius 1 is 1.04 bits per heavy atom. The van der Waals surface area contributed by atoms with E-state index >= 15 is 0 Å². The van der Waals surface area contributed by atoms with Crippen LogP contribution in [0.3, 0.4) is 0 Å². The molecular weight excluding hydrogens is 290 g/mol. The SMILES string of the molecule is Cc1nc(-c2ccc(CNc3ccc4cc[nH]c4n3)cc2)no1. The van der Waals surface area contributed by atoms with Crippen LogP contribution < -0.4 is 5.32 Å². The zero-order valence-corrected chi connectivity index (χ0v) is 12.6. The Morgan fingerprint density at radius 3 is 2.70 bits per heavy atom. The monoisotopic (exact) mass is 305 g/mol. The van der Waals surface area contributed by atoms with Gasteiger partial charge in [-0.25, -0.2) is 4.98 Å². The smallest absolute Gasteiger partial charge is 0.223 e. The van der Waals surface area contributed by atoms with E-state index in [0.717, 1.165) is 28.0 Å². The molecule has 4 aromatic rings. The number of aryl methyl sites for hydroxylation is 1. The average molecular weight is 305 g/mol. The molecule has 0 aliphatic rings. The van der Waals surface area contributed by atoms with Crippen LogP contribution in [0.25, 0.3) is 22.4 Å². The summed E-state index contributed by atoms with van der Waals surface area (Å²) in [5, 5.41) is 8.35. The van der Waals surface area contributed by atoms with Crippen LogP contribution in [0.2, 0.25) is 0 Å². The normalized spacial score (nSPS) is 11.0. The van der Waals surface area contributed by atoms with Crippen LogP contribution in [-0.2, 0) is 6.54 Å². The van der Waals surface area contributed by atoms with Crippen molar-refractivity contribution in [1.82, 2.24) is 20.1 Å². The number of hydrogen-bond acceptors (Lipinski definition) is 5. The summed E-state index contributed by atoms with van der Waals surface area (Å²) in [6.45, 7) is 2.48. The summed E-state index contributed by atoms with van der Waals surface area (Å²) >= 11 is 0. The van der Waals surface area contributed by atoms with Gasteiger partial charge in [-0.3, -0.25) is 0 Å². The molecule has 0 amide bonds. The van der Waals surface area contributed by atoms with Crippen LogP contribution in [-0.4, -0.2) is 20.1 Å². The van der Waals surface area contributed by atoms with Gasteiger partial charge >= 0.3 is 0 Å². The predicted octanol–water partition coefficient (Wildman–Crippen LogP) is 3.53. The van der Waals surface area contributed by atoms with E-state index in [-0.39, 0.29) is 0 Å². The first-order valence-electron chi connectivity index (χ1n) is 7.35. The van der Waals surface area contributed by atoms with Gasteiger partial charge in [0, 0.05) is 30.6 Å². The van der Waals surface area contributed by atoms with Gasteiger partial charge in [-0.15, -0.1) is 0 Å². The zero-order valence-electron chi connectivity index (χ0n) is 12.6. The van der Waals surface area contributed by atoms with Crippen molar-refractivity contribution < 1.29 is 4.52 Å². The first-order valence-corrected chi connectivity index (χ1v) is 7.35. The van der Waals surface area contributed by atoms with E-state index in [4.69, 9.17) is 4.52 Å². The molecule has 0 saturated heterocycles. The third-order valence-corrected chi connectivity index (χ3v) is 3.62. The number of fused-ring (bicyclic) bond motifs is 1. The van der Waals surface area contributed by atoms with Crippen LogP contribution in [0.15, 0.2) is 53.2 Å². The molecule has 4 rings (SSSR count). The Morgan fingerprint density at radius 2 is 1.91 bits per heavy atom. The molecule has 2 N–H and O–H groups in total. The summed E-state index contributed by atoms with van der Waals surface area (Å²) in [7, 11) is 0. The Balaban J connectivity index is 1.46. The number of aromatic nitrogens is 4. The van der Waals surface area contributed by atoms with E-state index < -0.39 is 0 Å². The van der Waals surface area contributed by atoms with Crippen molar-refractivity contribution in [3.63, 3.8) is 0 Å². The van der Waals surface area contributed by atoms with Gasteiger partial charge in [0.15, 0.2) is 0 Å². The number of H-pyrrole nitrogens is 1. The second-order valence-corrected chi connectivity index (χ2v) is 5.30. The summed E-state index contributed by atoms with van der Waals surface area (Å²) in [4.78, 5) is 11.9. The van der Waals surface area contributed by atoms with Crippen molar-refractivity contribution in [2.24, 2.45) is 0 Å². The van der Waals surface area contributed by atoms with E-state index in [1.807, 2.05) is 48.7 Å². The van der Waals surface area contributed by atoms with Gasteiger partial charge < -0.3 is 14.8 Å². The molecule has 6 nitrogen and oxygen atoms in total. The number of anilines is 1. The minimum absolute atomic E-state index is 0.566. The molecule has 3 heterocycles. The van der Waals surface area contributed by atoms with E-state index in [9.17, 15) is 0 Å². The summed E-state index contributed by atoms with van der Waals surface area (Å²) in [5.74, 6) is 2.02. The molecule has 6 heteroatoms. The fourth-order valence-electron chi connectivity index (χ4n) is 2.41. The molecule has 3 aromatic heterocycles. The molecule has 0 bridgehead atoms. The minimum atomic E-state index is 0.566. The molecule has 0 fully saturated rings. The molecule has 0 saturated carbocycles. The van der Waals surface area contributed by atoms with Crippen molar-refractivity contribution in [1.29, 1.82) is 0 Å². The van der Waals surface area contributed by atoms with E-state index in [2.05, 4.69) is 25.4 Å². The average Bonchev–Trinajstić information content (AvgIpc) is 3.21. The number of hydrogen-bond donors (Lipinski definition) is 2. The second kappa shape index (κ2) is 5.57.